The summed E-state index contributed by atoms with van der Waals surface area (Å²) in [7, 11) is 0. The number of nitrogens with one attached hydrogen (secondary N) is 1. The summed E-state index contributed by atoms with van der Waals surface area (Å²) in [5.74, 6) is 0. The molecule has 1 atom stereocenters. The van der Waals surface area contributed by atoms with Crippen LogP contribution in [0.4, 0.5) is 0 Å². The highest BCUT2D eigenvalue weighted by Crippen LogP contribution is 2.13. The summed E-state index contributed by atoms with van der Waals surface area (Å²) in [6.45, 7) is 11.9. The molecule has 3 nitrogen and oxygen atoms in total. The highest BCUT2D eigenvalue weighted by Gasteiger charge is 2.14. The van der Waals surface area contributed by atoms with Gasteiger partial charge in [0.15, 0.2) is 0 Å². The van der Waals surface area contributed by atoms with Crippen molar-refractivity contribution < 1.29 is 0 Å². The summed E-state index contributed by atoms with van der Waals surface area (Å²) >= 11 is 0. The Labute approximate surface area is 106 Å². The van der Waals surface area contributed by atoms with Crippen LogP contribution in [0, 0.1) is 0 Å². The molecule has 1 aromatic rings. The van der Waals surface area contributed by atoms with Gasteiger partial charge in [-0.25, -0.2) is 0 Å². The predicted molar refractivity (Wildman–Crippen MR) is 73.0 cm³/mol. The molecule has 0 fully saturated rings. The minimum absolute atomic E-state index is 0.0752. The van der Waals surface area contributed by atoms with E-state index >= 15 is 0 Å². The molecule has 1 N–H and O–H groups in total. The van der Waals surface area contributed by atoms with Crippen LogP contribution in [0.3, 0.4) is 0 Å². The molecule has 1 rings (SSSR count). The summed E-state index contributed by atoms with van der Waals surface area (Å²) in [6.07, 6.45) is 7.81. The molecule has 0 saturated heterocycles. The van der Waals surface area contributed by atoms with Gasteiger partial charge in [0.2, 0.25) is 0 Å². The van der Waals surface area contributed by atoms with Crippen molar-refractivity contribution in [3.05, 3.63) is 18.0 Å². The number of nitrogens with zero attached hydrogens (tertiary/aromatic N) is 2. The molecule has 0 spiro atoms. The zero-order chi connectivity index (χ0) is 12.9. The van der Waals surface area contributed by atoms with Gasteiger partial charge in [0.25, 0.3) is 0 Å². The quantitative estimate of drug-likeness (QED) is 0.822. The number of hydrogen-bond donors (Lipinski definition) is 1. The summed E-state index contributed by atoms with van der Waals surface area (Å²) < 4.78 is 2.03. The molecular formula is C14H27N3. The van der Waals surface area contributed by atoms with Crippen molar-refractivity contribution in [2.75, 3.05) is 0 Å². The lowest BCUT2D eigenvalue weighted by Gasteiger charge is -2.19. The predicted octanol–water partition coefficient (Wildman–Crippen LogP) is 3.31. The fourth-order valence-electron chi connectivity index (χ4n) is 1.88. The molecule has 0 aromatic carbocycles. The van der Waals surface area contributed by atoms with Gasteiger partial charge in [-0.15, -0.1) is 0 Å². The molecule has 0 aliphatic carbocycles. The SMILES string of the molecule is CCCC(CC)NCc1cnn(C(C)(C)C)c1. The fourth-order valence-corrected chi connectivity index (χ4v) is 1.88. The first kappa shape index (κ1) is 14.2. The van der Waals surface area contributed by atoms with Gasteiger partial charge in [0.1, 0.15) is 0 Å². The summed E-state index contributed by atoms with van der Waals surface area (Å²) in [5, 5.41) is 8.01. The molecule has 1 heterocycles. The zero-order valence-corrected chi connectivity index (χ0v) is 12.0. The van der Waals surface area contributed by atoms with Crippen molar-refractivity contribution in [3.63, 3.8) is 0 Å². The van der Waals surface area contributed by atoms with Gasteiger partial charge in [0, 0.05) is 24.3 Å². The monoisotopic (exact) mass is 237 g/mol. The van der Waals surface area contributed by atoms with Gasteiger partial charge in [-0.05, 0) is 33.6 Å². The Bertz CT molecular complexity index is 322. The molecule has 0 aliphatic heterocycles. The Morgan fingerprint density at radius 2 is 2.06 bits per heavy atom. The summed E-state index contributed by atoms with van der Waals surface area (Å²) in [6, 6.07) is 0.637. The Balaban J connectivity index is 2.49. The van der Waals surface area contributed by atoms with Crippen molar-refractivity contribution in [3.8, 4) is 0 Å². The molecule has 1 aromatic heterocycles. The fraction of sp³-hybridized carbons (Fsp3) is 0.786. The Hall–Kier alpha value is -0.830. The van der Waals surface area contributed by atoms with Crippen LogP contribution in [0.5, 0.6) is 0 Å². The molecule has 0 saturated carbocycles. The van der Waals surface area contributed by atoms with Crippen LogP contribution in [0.2, 0.25) is 0 Å². The highest BCUT2D eigenvalue weighted by molar-refractivity contribution is 5.05. The van der Waals surface area contributed by atoms with Gasteiger partial charge in [-0.1, -0.05) is 20.3 Å². The standard InChI is InChI=1S/C14H27N3/c1-6-8-13(7-2)15-9-12-10-16-17(11-12)14(3,4)5/h10-11,13,15H,6-9H2,1-5H3. The van der Waals surface area contributed by atoms with E-state index < -0.39 is 0 Å². The molecular weight excluding hydrogens is 210 g/mol. The van der Waals surface area contributed by atoms with E-state index in [0.29, 0.717) is 6.04 Å². The largest absolute Gasteiger partial charge is 0.310 e. The van der Waals surface area contributed by atoms with Crippen molar-refractivity contribution in [1.29, 1.82) is 0 Å². The molecule has 0 bridgehead atoms. The van der Waals surface area contributed by atoms with Crippen molar-refractivity contribution in [1.82, 2.24) is 15.1 Å². The van der Waals surface area contributed by atoms with Crippen LogP contribution in [0.1, 0.15) is 59.4 Å². The van der Waals surface area contributed by atoms with Gasteiger partial charge in [-0.3, -0.25) is 4.68 Å². The molecule has 17 heavy (non-hydrogen) atoms. The van der Waals surface area contributed by atoms with Crippen LogP contribution < -0.4 is 5.32 Å². The van der Waals surface area contributed by atoms with Gasteiger partial charge >= 0.3 is 0 Å². The maximum atomic E-state index is 4.41. The van der Waals surface area contributed by atoms with E-state index in [2.05, 4.69) is 51.2 Å². The number of hydrogen-bond acceptors (Lipinski definition) is 2. The van der Waals surface area contributed by atoms with Crippen LogP contribution in [-0.2, 0) is 12.1 Å². The van der Waals surface area contributed by atoms with Gasteiger partial charge in [-0.2, -0.15) is 5.10 Å². The van der Waals surface area contributed by atoms with E-state index in [4.69, 9.17) is 0 Å². The summed E-state index contributed by atoms with van der Waals surface area (Å²) in [4.78, 5) is 0. The number of rotatable bonds is 6. The zero-order valence-electron chi connectivity index (χ0n) is 12.0. The summed E-state index contributed by atoms with van der Waals surface area (Å²) in [5.41, 5.74) is 1.35. The van der Waals surface area contributed by atoms with E-state index in [1.807, 2.05) is 10.9 Å². The molecule has 0 aliphatic rings. The maximum Gasteiger partial charge on any atom is 0.0543 e. The Morgan fingerprint density at radius 1 is 1.35 bits per heavy atom. The lowest BCUT2D eigenvalue weighted by molar-refractivity contribution is 0.355. The van der Waals surface area contributed by atoms with Crippen LogP contribution in [-0.4, -0.2) is 15.8 Å². The van der Waals surface area contributed by atoms with E-state index in [0.717, 1.165) is 6.54 Å². The smallest absolute Gasteiger partial charge is 0.0543 e. The maximum absolute atomic E-state index is 4.41. The first-order valence-corrected chi connectivity index (χ1v) is 6.74. The average Bonchev–Trinajstić information content (AvgIpc) is 2.72. The van der Waals surface area contributed by atoms with E-state index in [1.165, 1.54) is 24.8 Å². The van der Waals surface area contributed by atoms with Crippen molar-refractivity contribution >= 4 is 0 Å². The lowest BCUT2D eigenvalue weighted by atomic mass is 10.1. The second-order valence-electron chi connectivity index (χ2n) is 5.74. The molecule has 0 amide bonds. The van der Waals surface area contributed by atoms with Gasteiger partial charge in [0.05, 0.1) is 11.7 Å². The van der Waals surface area contributed by atoms with Crippen molar-refractivity contribution in [2.45, 2.75) is 72.0 Å². The third-order valence-corrected chi connectivity index (χ3v) is 3.05. The first-order valence-electron chi connectivity index (χ1n) is 6.74. The van der Waals surface area contributed by atoms with E-state index in [1.54, 1.807) is 0 Å². The highest BCUT2D eigenvalue weighted by atomic mass is 15.3. The second-order valence-corrected chi connectivity index (χ2v) is 5.74. The third-order valence-electron chi connectivity index (χ3n) is 3.05. The van der Waals surface area contributed by atoms with Crippen LogP contribution in [0.15, 0.2) is 12.4 Å². The molecule has 3 heteroatoms. The second kappa shape index (κ2) is 6.20. The molecule has 1 unspecified atom stereocenters. The van der Waals surface area contributed by atoms with Crippen molar-refractivity contribution in [2.24, 2.45) is 0 Å². The van der Waals surface area contributed by atoms with Crippen LogP contribution in [0.25, 0.3) is 0 Å². The third kappa shape index (κ3) is 4.50. The lowest BCUT2D eigenvalue weighted by Crippen LogP contribution is -2.27. The molecule has 0 radical (unpaired) electrons. The minimum Gasteiger partial charge on any atom is -0.310 e. The molecule has 98 valence electrons. The normalized spacial score (nSPS) is 13.9. The Morgan fingerprint density at radius 3 is 2.53 bits per heavy atom. The van der Waals surface area contributed by atoms with E-state index in [-0.39, 0.29) is 5.54 Å². The first-order chi connectivity index (χ1) is 7.97. The average molecular weight is 237 g/mol. The minimum atomic E-state index is 0.0752. The van der Waals surface area contributed by atoms with Crippen LogP contribution >= 0.6 is 0 Å². The number of aromatic nitrogens is 2. The Kier molecular flexibility index (Phi) is 5.19. The van der Waals surface area contributed by atoms with Gasteiger partial charge < -0.3 is 5.32 Å². The van der Waals surface area contributed by atoms with E-state index in [9.17, 15) is 0 Å². The topological polar surface area (TPSA) is 29.9 Å².